The number of ether oxygens (including phenoxy) is 1. The van der Waals surface area contributed by atoms with Crippen LogP contribution in [-0.4, -0.2) is 58.3 Å². The topological polar surface area (TPSA) is 105 Å². The molecule has 1 aromatic rings. The minimum atomic E-state index is -3.50. The molecule has 0 fully saturated rings. The number of hydrogen-bond acceptors (Lipinski definition) is 6. The van der Waals surface area contributed by atoms with Gasteiger partial charge < -0.3 is 20.9 Å². The maximum atomic E-state index is 11.9. The number of methoxy groups -OCH3 is 1. The van der Waals surface area contributed by atoms with E-state index in [1.54, 1.807) is 6.07 Å². The predicted molar refractivity (Wildman–Crippen MR) is 78.1 cm³/mol. The van der Waals surface area contributed by atoms with E-state index in [2.05, 4.69) is 5.32 Å². The number of benzene rings is 1. The Labute approximate surface area is 119 Å². The van der Waals surface area contributed by atoms with Gasteiger partial charge in [0.25, 0.3) is 0 Å². The normalized spacial score (nSPS) is 13.4. The zero-order valence-electron chi connectivity index (χ0n) is 11.8. The van der Waals surface area contributed by atoms with Gasteiger partial charge in [0.05, 0.1) is 29.0 Å². The molecule has 1 atom stereocenters. The lowest BCUT2D eigenvalue weighted by atomic mass is 10.2. The minimum absolute atomic E-state index is 0.128. The molecule has 0 saturated heterocycles. The minimum Gasteiger partial charge on any atom is -0.397 e. The summed E-state index contributed by atoms with van der Waals surface area (Å²) in [6.07, 6.45) is -0.662. The number of rotatable bonds is 7. The third kappa shape index (κ3) is 4.07. The molecule has 7 nitrogen and oxygen atoms in total. The molecule has 0 aliphatic carbocycles. The van der Waals surface area contributed by atoms with Crippen molar-refractivity contribution in [1.82, 2.24) is 4.31 Å². The summed E-state index contributed by atoms with van der Waals surface area (Å²) in [5, 5.41) is 12.5. The monoisotopic (exact) mass is 303 g/mol. The highest BCUT2D eigenvalue weighted by atomic mass is 32.2. The Morgan fingerprint density at radius 1 is 1.45 bits per heavy atom. The average Bonchev–Trinajstić information content (AvgIpc) is 2.37. The number of anilines is 2. The summed E-state index contributed by atoms with van der Waals surface area (Å²) in [6.45, 7) is 0.470. The molecule has 1 rings (SSSR count). The molecule has 0 bridgehead atoms. The summed E-state index contributed by atoms with van der Waals surface area (Å²) >= 11 is 0. The molecule has 1 unspecified atom stereocenters. The first-order valence-corrected chi connectivity index (χ1v) is 7.46. The van der Waals surface area contributed by atoms with E-state index in [1.807, 2.05) is 0 Å². The zero-order chi connectivity index (χ0) is 15.3. The lowest BCUT2D eigenvalue weighted by Crippen LogP contribution is -2.25. The molecule has 0 aromatic heterocycles. The van der Waals surface area contributed by atoms with Gasteiger partial charge in [-0.1, -0.05) is 0 Å². The van der Waals surface area contributed by atoms with Crippen LogP contribution < -0.4 is 11.1 Å². The standard InChI is InChI=1S/C12H21N3O4S/c1-15(2)20(17,18)10-4-5-12(11(13)6-10)14-7-9(16)8-19-3/h4-6,9,14,16H,7-8,13H2,1-3H3. The van der Waals surface area contributed by atoms with Crippen molar-refractivity contribution in [3.63, 3.8) is 0 Å². The number of hydrogen-bond donors (Lipinski definition) is 3. The molecule has 0 heterocycles. The van der Waals surface area contributed by atoms with Gasteiger partial charge in [0, 0.05) is 27.7 Å². The van der Waals surface area contributed by atoms with E-state index in [1.165, 1.54) is 33.3 Å². The van der Waals surface area contributed by atoms with Gasteiger partial charge in [-0.15, -0.1) is 0 Å². The molecule has 8 heteroatoms. The molecule has 114 valence electrons. The number of nitrogens with two attached hydrogens (primary N) is 1. The summed E-state index contributed by atoms with van der Waals surface area (Å²) in [5.74, 6) is 0. The van der Waals surface area contributed by atoms with Gasteiger partial charge in [-0.25, -0.2) is 12.7 Å². The molecule has 0 saturated carbocycles. The van der Waals surface area contributed by atoms with E-state index in [0.29, 0.717) is 11.4 Å². The second-order valence-corrected chi connectivity index (χ2v) is 6.68. The van der Waals surface area contributed by atoms with Crippen LogP contribution in [0, 0.1) is 0 Å². The van der Waals surface area contributed by atoms with Gasteiger partial charge >= 0.3 is 0 Å². The Kier molecular flexibility index (Phi) is 5.75. The summed E-state index contributed by atoms with van der Waals surface area (Å²) in [5.41, 5.74) is 6.69. The van der Waals surface area contributed by atoms with E-state index < -0.39 is 16.1 Å². The van der Waals surface area contributed by atoms with Gasteiger partial charge in [0.2, 0.25) is 10.0 Å². The Morgan fingerprint density at radius 2 is 2.10 bits per heavy atom. The summed E-state index contributed by atoms with van der Waals surface area (Å²) in [7, 11) is 0.913. The average molecular weight is 303 g/mol. The van der Waals surface area contributed by atoms with E-state index >= 15 is 0 Å². The lowest BCUT2D eigenvalue weighted by Gasteiger charge is -2.15. The number of nitrogen functional groups attached to an aromatic ring is 1. The fourth-order valence-electron chi connectivity index (χ4n) is 1.55. The molecular formula is C12H21N3O4S. The second kappa shape index (κ2) is 6.89. The number of nitrogens with one attached hydrogen (secondary N) is 1. The first-order chi connectivity index (χ1) is 9.28. The molecule has 0 spiro atoms. The van der Waals surface area contributed by atoms with Crippen molar-refractivity contribution in [2.75, 3.05) is 45.4 Å². The molecular weight excluding hydrogens is 282 g/mol. The Morgan fingerprint density at radius 3 is 2.60 bits per heavy atom. The van der Waals surface area contributed by atoms with Crippen molar-refractivity contribution in [2.24, 2.45) is 0 Å². The predicted octanol–water partition coefficient (Wildman–Crippen LogP) is -0.0617. The van der Waals surface area contributed by atoms with Crippen molar-refractivity contribution in [3.8, 4) is 0 Å². The first-order valence-electron chi connectivity index (χ1n) is 6.02. The van der Waals surface area contributed by atoms with Crippen molar-refractivity contribution >= 4 is 21.4 Å². The second-order valence-electron chi connectivity index (χ2n) is 4.53. The SMILES string of the molecule is COCC(O)CNc1ccc(S(=O)(=O)N(C)C)cc1N. The largest absolute Gasteiger partial charge is 0.397 e. The van der Waals surface area contributed by atoms with Crippen molar-refractivity contribution in [2.45, 2.75) is 11.0 Å². The lowest BCUT2D eigenvalue weighted by molar-refractivity contribution is 0.0728. The van der Waals surface area contributed by atoms with Crippen LogP contribution in [0.5, 0.6) is 0 Å². The summed E-state index contributed by atoms with van der Waals surface area (Å²) in [4.78, 5) is 0.128. The van der Waals surface area contributed by atoms with Gasteiger partial charge in [-0.3, -0.25) is 0 Å². The van der Waals surface area contributed by atoms with Crippen LogP contribution >= 0.6 is 0 Å². The molecule has 0 radical (unpaired) electrons. The van der Waals surface area contributed by atoms with E-state index in [9.17, 15) is 13.5 Å². The van der Waals surface area contributed by atoms with Crippen LogP contribution in [0.3, 0.4) is 0 Å². The molecule has 0 amide bonds. The fourth-order valence-corrected chi connectivity index (χ4v) is 2.49. The smallest absolute Gasteiger partial charge is 0.242 e. The van der Waals surface area contributed by atoms with Crippen LogP contribution in [0.1, 0.15) is 0 Å². The van der Waals surface area contributed by atoms with Crippen LogP contribution in [0.25, 0.3) is 0 Å². The van der Waals surface area contributed by atoms with Crippen LogP contribution in [0.2, 0.25) is 0 Å². The van der Waals surface area contributed by atoms with Gasteiger partial charge in [-0.2, -0.15) is 0 Å². The van der Waals surface area contributed by atoms with Crippen molar-refractivity contribution < 1.29 is 18.3 Å². The van der Waals surface area contributed by atoms with E-state index in [0.717, 1.165) is 4.31 Å². The number of sulfonamides is 1. The highest BCUT2D eigenvalue weighted by molar-refractivity contribution is 7.89. The Hall–Kier alpha value is -1.35. The number of aliphatic hydroxyl groups is 1. The molecule has 0 aliphatic rings. The quantitative estimate of drug-likeness (QED) is 0.609. The van der Waals surface area contributed by atoms with Crippen LogP contribution in [0.15, 0.2) is 23.1 Å². The maximum Gasteiger partial charge on any atom is 0.242 e. The van der Waals surface area contributed by atoms with E-state index in [-0.39, 0.29) is 18.0 Å². The van der Waals surface area contributed by atoms with Gasteiger partial charge in [-0.05, 0) is 18.2 Å². The summed E-state index contributed by atoms with van der Waals surface area (Å²) < 4.78 is 29.8. The van der Waals surface area contributed by atoms with Crippen molar-refractivity contribution in [1.29, 1.82) is 0 Å². The number of nitrogens with zero attached hydrogens (tertiary/aromatic N) is 1. The van der Waals surface area contributed by atoms with Crippen LogP contribution in [-0.2, 0) is 14.8 Å². The highest BCUT2D eigenvalue weighted by Crippen LogP contribution is 2.23. The zero-order valence-corrected chi connectivity index (χ0v) is 12.6. The first kappa shape index (κ1) is 16.7. The van der Waals surface area contributed by atoms with E-state index in [4.69, 9.17) is 10.5 Å². The van der Waals surface area contributed by atoms with Gasteiger partial charge in [0.1, 0.15) is 0 Å². The molecule has 4 N–H and O–H groups in total. The fraction of sp³-hybridized carbons (Fsp3) is 0.500. The maximum absolute atomic E-state index is 11.9. The highest BCUT2D eigenvalue weighted by Gasteiger charge is 2.18. The third-order valence-corrected chi connectivity index (χ3v) is 4.50. The van der Waals surface area contributed by atoms with Crippen molar-refractivity contribution in [3.05, 3.63) is 18.2 Å². The van der Waals surface area contributed by atoms with Crippen LogP contribution in [0.4, 0.5) is 11.4 Å². The third-order valence-electron chi connectivity index (χ3n) is 2.69. The Balaban J connectivity index is 2.84. The Bertz CT molecular complexity index is 546. The molecule has 0 aliphatic heterocycles. The molecule has 1 aromatic carbocycles. The molecule has 20 heavy (non-hydrogen) atoms. The van der Waals surface area contributed by atoms with Gasteiger partial charge in [0.15, 0.2) is 0 Å². The summed E-state index contributed by atoms with van der Waals surface area (Å²) in [6, 6.07) is 4.43. The number of aliphatic hydroxyl groups excluding tert-OH is 1.